The molecule has 54 heavy (non-hydrogen) atoms. The van der Waals surface area contributed by atoms with Crippen molar-refractivity contribution in [3.63, 3.8) is 0 Å². The summed E-state index contributed by atoms with van der Waals surface area (Å²) in [5.74, 6) is -1.23. The van der Waals surface area contributed by atoms with Crippen LogP contribution in [0.25, 0.3) is 0 Å². The zero-order chi connectivity index (χ0) is 38.9. The Bertz CT molecular complexity index is 2040. The van der Waals surface area contributed by atoms with Crippen LogP contribution < -0.4 is 18.9 Å². The third-order valence-corrected chi connectivity index (χ3v) is 11.4. The lowest BCUT2D eigenvalue weighted by Crippen LogP contribution is -2.16. The van der Waals surface area contributed by atoms with Crippen LogP contribution in [-0.2, 0) is 40.7 Å². The Morgan fingerprint density at radius 3 is 1.09 bits per heavy atom. The average molecular weight is 787 g/mol. The van der Waals surface area contributed by atoms with Gasteiger partial charge in [-0.1, -0.05) is 35.4 Å². The maximum atomic E-state index is 13.2. The molecule has 0 unspecified atom stereocenters. The van der Waals surface area contributed by atoms with Crippen molar-refractivity contribution >= 4 is 31.0 Å². The van der Waals surface area contributed by atoms with Gasteiger partial charge in [0.05, 0.1) is 69.7 Å². The van der Waals surface area contributed by atoms with E-state index in [0.717, 1.165) is 23.3 Å². The van der Waals surface area contributed by atoms with Gasteiger partial charge in [0, 0.05) is 11.1 Å². The smallest absolute Gasteiger partial charge is 0.277 e. The number of sulfone groups is 2. The van der Waals surface area contributed by atoms with Crippen LogP contribution in [-0.4, -0.2) is 79.5 Å². The van der Waals surface area contributed by atoms with E-state index in [9.17, 15) is 37.1 Å². The molecule has 0 aromatic heterocycles. The van der Waals surface area contributed by atoms with Gasteiger partial charge in [0.25, 0.3) is 11.4 Å². The lowest BCUT2D eigenvalue weighted by Gasteiger charge is -2.17. The summed E-state index contributed by atoms with van der Waals surface area (Å²) in [6, 6.07) is 17.0. The number of aryl methyl sites for hydroxylation is 2. The van der Waals surface area contributed by atoms with E-state index < -0.39 is 52.4 Å². The molecule has 0 aliphatic carbocycles. The summed E-state index contributed by atoms with van der Waals surface area (Å²) in [6.07, 6.45) is 0. The minimum absolute atomic E-state index is 0.00353. The van der Waals surface area contributed by atoms with Crippen LogP contribution in [0, 0.1) is 34.1 Å². The monoisotopic (exact) mass is 786 g/mol. The van der Waals surface area contributed by atoms with Crippen LogP contribution in [0.1, 0.15) is 22.3 Å². The van der Waals surface area contributed by atoms with Crippen molar-refractivity contribution in [3.8, 4) is 23.0 Å². The Morgan fingerprint density at radius 1 is 0.500 bits per heavy atom. The van der Waals surface area contributed by atoms with Gasteiger partial charge >= 0.3 is 0 Å². The zero-order valence-corrected chi connectivity index (χ0v) is 31.1. The van der Waals surface area contributed by atoms with Gasteiger partial charge in [0.15, 0.2) is 42.7 Å². The molecule has 0 saturated carbocycles. The minimum Gasteiger partial charge on any atom is -0.487 e. The lowest BCUT2D eigenvalue weighted by atomic mass is 10.2. The number of hydrogen-bond donors (Lipinski definition) is 0. The molecule has 18 heteroatoms. The summed E-state index contributed by atoms with van der Waals surface area (Å²) >= 11 is 0. The number of fused-ring (bicyclic) bond motifs is 2. The van der Waals surface area contributed by atoms with Crippen LogP contribution in [0.2, 0.25) is 0 Å². The molecule has 1 heterocycles. The van der Waals surface area contributed by atoms with E-state index in [1.54, 1.807) is 24.3 Å². The topological polar surface area (TPSA) is 210 Å². The first-order valence-corrected chi connectivity index (χ1v) is 19.9. The van der Waals surface area contributed by atoms with Crippen molar-refractivity contribution in [2.75, 3.05) is 52.9 Å². The summed E-state index contributed by atoms with van der Waals surface area (Å²) < 4.78 is 87.3. The van der Waals surface area contributed by atoms with Gasteiger partial charge < -0.3 is 28.4 Å². The van der Waals surface area contributed by atoms with Gasteiger partial charge in [-0.05, 0) is 50.2 Å². The molecule has 16 nitrogen and oxygen atoms in total. The van der Waals surface area contributed by atoms with E-state index in [0.29, 0.717) is 0 Å². The maximum Gasteiger partial charge on any atom is 0.277 e. The largest absolute Gasteiger partial charge is 0.487 e. The molecule has 1 aliphatic heterocycles. The molecule has 288 valence electrons. The number of rotatable bonds is 8. The molecule has 0 bridgehead atoms. The number of nitro groups is 2. The van der Waals surface area contributed by atoms with Crippen molar-refractivity contribution in [1.29, 1.82) is 0 Å². The summed E-state index contributed by atoms with van der Waals surface area (Å²) in [5, 5.41) is 24.1. The molecule has 5 rings (SSSR count). The Hall–Kier alpha value is -5.30. The predicted molar refractivity (Wildman–Crippen MR) is 194 cm³/mol. The second kappa shape index (κ2) is 17.7. The van der Waals surface area contributed by atoms with E-state index in [1.807, 2.05) is 13.8 Å². The predicted octanol–water partition coefficient (Wildman–Crippen LogP) is 5.33. The molecule has 0 amide bonds. The highest BCUT2D eigenvalue weighted by Gasteiger charge is 2.27. The molecule has 0 saturated heterocycles. The standard InChI is InChI=1S/C36H38N2O14S2/c1-25-3-7-29(8-4-25)53(43,44)23-27-19-33-35(21-31(27)37(39)40)51-17-13-48-14-18-52-36-22-32(38(41)42)28(20-34(36)50-16-12-47-11-15-49-33)24-54(45,46)30-9-5-26(2)6-10-30/h3-10,19-22H,11-18,23-24H2,1-2H3. The Labute approximate surface area is 311 Å². The minimum atomic E-state index is -3.96. The van der Waals surface area contributed by atoms with Gasteiger partial charge in [-0.25, -0.2) is 16.8 Å². The molecule has 4 aromatic carbocycles. The van der Waals surface area contributed by atoms with Crippen LogP contribution in [0.4, 0.5) is 11.4 Å². The quantitative estimate of drug-likeness (QED) is 0.163. The van der Waals surface area contributed by atoms with E-state index in [4.69, 9.17) is 28.4 Å². The van der Waals surface area contributed by atoms with Crippen LogP contribution >= 0.6 is 0 Å². The van der Waals surface area contributed by atoms with Crippen molar-refractivity contribution < 1.29 is 55.1 Å². The van der Waals surface area contributed by atoms with Gasteiger partial charge in [-0.2, -0.15) is 0 Å². The Morgan fingerprint density at radius 2 is 0.796 bits per heavy atom. The number of nitro benzene ring substituents is 2. The molecular weight excluding hydrogens is 749 g/mol. The fourth-order valence-corrected chi connectivity index (χ4v) is 8.03. The van der Waals surface area contributed by atoms with E-state index in [-0.39, 0.29) is 96.8 Å². The average Bonchev–Trinajstić information content (AvgIpc) is 3.11. The molecular formula is C36H38N2O14S2. The number of ether oxygens (including phenoxy) is 6. The number of nitrogens with zero attached hydrogens (tertiary/aromatic N) is 2. The van der Waals surface area contributed by atoms with Crippen molar-refractivity contribution in [2.45, 2.75) is 35.1 Å². The fourth-order valence-electron chi connectivity index (χ4n) is 5.32. The van der Waals surface area contributed by atoms with Crippen molar-refractivity contribution in [2.24, 2.45) is 0 Å². The highest BCUT2D eigenvalue weighted by molar-refractivity contribution is 7.91. The van der Waals surface area contributed by atoms with Crippen molar-refractivity contribution in [1.82, 2.24) is 0 Å². The van der Waals surface area contributed by atoms with Crippen molar-refractivity contribution in [3.05, 3.63) is 115 Å². The molecule has 0 radical (unpaired) electrons. The number of benzene rings is 4. The summed E-state index contributed by atoms with van der Waals surface area (Å²) in [6.45, 7) is 3.29. The van der Waals surface area contributed by atoms with Crippen LogP contribution in [0.5, 0.6) is 23.0 Å². The molecule has 1 aliphatic rings. The molecule has 0 spiro atoms. The lowest BCUT2D eigenvalue weighted by molar-refractivity contribution is -0.385. The zero-order valence-electron chi connectivity index (χ0n) is 29.4. The molecule has 0 N–H and O–H groups in total. The van der Waals surface area contributed by atoms with E-state index >= 15 is 0 Å². The van der Waals surface area contributed by atoms with Crippen LogP contribution in [0.15, 0.2) is 82.6 Å². The molecule has 4 aromatic rings. The summed E-state index contributed by atoms with van der Waals surface area (Å²) in [5.41, 5.74) is 0.567. The molecule has 0 fully saturated rings. The van der Waals surface area contributed by atoms with E-state index in [2.05, 4.69) is 0 Å². The first kappa shape index (κ1) is 39.9. The highest BCUT2D eigenvalue weighted by Crippen LogP contribution is 2.38. The normalized spacial score (nSPS) is 14.7. The Balaban J connectivity index is 1.33. The Kier molecular flexibility index (Phi) is 13.1. The first-order valence-electron chi connectivity index (χ1n) is 16.6. The van der Waals surface area contributed by atoms with Gasteiger partial charge in [-0.3, -0.25) is 20.2 Å². The highest BCUT2D eigenvalue weighted by atomic mass is 32.2. The second-order valence-electron chi connectivity index (χ2n) is 12.1. The second-order valence-corrected chi connectivity index (χ2v) is 16.1. The van der Waals surface area contributed by atoms with Gasteiger partial charge in [-0.15, -0.1) is 0 Å². The first-order chi connectivity index (χ1) is 25.7. The third kappa shape index (κ3) is 10.4. The summed E-state index contributed by atoms with van der Waals surface area (Å²) in [7, 11) is -7.93. The summed E-state index contributed by atoms with van der Waals surface area (Å²) in [4.78, 5) is 22.7. The third-order valence-electron chi connectivity index (χ3n) is 8.08. The SMILES string of the molecule is Cc1ccc(S(=O)(=O)Cc2cc3c(cc2[N+](=O)[O-])OCCOCCOc2cc([N+](=O)[O-])c(CS(=O)(=O)c4ccc(C)cc4)cc2OCCOCCO3)cc1. The fraction of sp³-hybridized carbons (Fsp3) is 0.333. The van der Waals surface area contributed by atoms with E-state index in [1.165, 1.54) is 36.4 Å². The van der Waals surface area contributed by atoms with Crippen LogP contribution in [0.3, 0.4) is 0 Å². The van der Waals surface area contributed by atoms with Gasteiger partial charge in [0.2, 0.25) is 0 Å². The number of hydrogen-bond acceptors (Lipinski definition) is 14. The molecule has 0 atom stereocenters. The maximum absolute atomic E-state index is 13.2. The van der Waals surface area contributed by atoms with Gasteiger partial charge in [0.1, 0.15) is 26.4 Å².